The Kier molecular flexibility index (Phi) is 8.46. The molecule has 2 heterocycles. The first-order chi connectivity index (χ1) is 30.7. The fourth-order valence-electron chi connectivity index (χ4n) is 9.17. The van der Waals surface area contributed by atoms with Crippen LogP contribution in [0.15, 0.2) is 218 Å². The first kappa shape index (κ1) is 35.6. The van der Waals surface area contributed by atoms with Crippen LogP contribution >= 0.6 is 0 Å². The summed E-state index contributed by atoms with van der Waals surface area (Å²) in [5.41, 5.74) is 10.5. The van der Waals surface area contributed by atoms with Gasteiger partial charge in [0.25, 0.3) is 0 Å². The number of rotatable bonds is 6. The van der Waals surface area contributed by atoms with Gasteiger partial charge < -0.3 is 0 Å². The molecule has 0 N–H and O–H groups in total. The molecule has 0 aliphatic rings. The molecule has 0 saturated carbocycles. The van der Waals surface area contributed by atoms with Crippen molar-refractivity contribution >= 4 is 54.0 Å². The molecule has 0 amide bonds. The Labute approximate surface area is 358 Å². The van der Waals surface area contributed by atoms with Crippen LogP contribution < -0.4 is 0 Å². The minimum atomic E-state index is 0.631. The van der Waals surface area contributed by atoms with Crippen LogP contribution in [0.25, 0.3) is 122 Å². The third-order valence-electron chi connectivity index (χ3n) is 12.1. The van der Waals surface area contributed by atoms with E-state index in [1.165, 1.54) is 10.8 Å². The van der Waals surface area contributed by atoms with Gasteiger partial charge in [-0.05, 0) is 89.6 Å². The Hall–Kier alpha value is -8.34. The summed E-state index contributed by atoms with van der Waals surface area (Å²) in [5.74, 6) is 1.91. The third-order valence-corrected chi connectivity index (χ3v) is 12.1. The standard InChI is InChI=1S/C58H36N4/c1-2-18-40(19-3-1)54-36-52(55-46-26-9-6-17-39(46)31-34-53(55)59-54)42-23-12-22-41(35-42)45-32-33-51(48-28-11-10-27-47(45)48)58-61-56(49-29-13-20-37-15-4-7-24-43(37)49)60-57(62-58)50-30-14-21-38-16-5-8-25-44(38)50/h1-36H. The van der Waals surface area contributed by atoms with Crippen molar-refractivity contribution in [1.29, 1.82) is 0 Å². The molecule has 0 bridgehead atoms. The first-order valence-electron chi connectivity index (χ1n) is 21.0. The average molecular weight is 789 g/mol. The molecule has 2 aromatic heterocycles. The van der Waals surface area contributed by atoms with E-state index in [-0.39, 0.29) is 0 Å². The minimum absolute atomic E-state index is 0.631. The van der Waals surface area contributed by atoms with E-state index >= 15 is 0 Å². The molecule has 4 heteroatoms. The fourth-order valence-corrected chi connectivity index (χ4v) is 9.17. The second-order valence-corrected chi connectivity index (χ2v) is 15.7. The highest BCUT2D eigenvalue weighted by Gasteiger charge is 2.19. The molecule has 12 aromatic rings. The van der Waals surface area contributed by atoms with Crippen LogP contribution in [-0.4, -0.2) is 19.9 Å². The zero-order chi connectivity index (χ0) is 41.0. The molecule has 0 saturated heterocycles. The molecule has 288 valence electrons. The number of fused-ring (bicyclic) bond motifs is 6. The Morgan fingerprint density at radius 1 is 0.242 bits per heavy atom. The van der Waals surface area contributed by atoms with E-state index in [2.05, 4.69) is 212 Å². The molecule has 0 atom stereocenters. The fraction of sp³-hybridized carbons (Fsp3) is 0. The summed E-state index contributed by atoms with van der Waals surface area (Å²) in [7, 11) is 0. The van der Waals surface area contributed by atoms with Gasteiger partial charge in [-0.3, -0.25) is 0 Å². The van der Waals surface area contributed by atoms with E-state index in [9.17, 15) is 0 Å². The van der Waals surface area contributed by atoms with Crippen molar-refractivity contribution in [1.82, 2.24) is 19.9 Å². The molecule has 0 spiro atoms. The van der Waals surface area contributed by atoms with E-state index in [1.54, 1.807) is 0 Å². The van der Waals surface area contributed by atoms with Crippen LogP contribution in [0.5, 0.6) is 0 Å². The Bertz CT molecular complexity index is 3600. The smallest absolute Gasteiger partial charge is 0.164 e. The summed E-state index contributed by atoms with van der Waals surface area (Å²) in [6, 6.07) is 77.1. The van der Waals surface area contributed by atoms with Gasteiger partial charge in [0.05, 0.1) is 11.2 Å². The quantitative estimate of drug-likeness (QED) is 0.158. The second kappa shape index (κ2) is 14.7. The van der Waals surface area contributed by atoms with Gasteiger partial charge in [0, 0.05) is 27.6 Å². The second-order valence-electron chi connectivity index (χ2n) is 15.7. The van der Waals surface area contributed by atoms with Crippen molar-refractivity contribution in [2.45, 2.75) is 0 Å². The number of aromatic nitrogens is 4. The lowest BCUT2D eigenvalue weighted by Gasteiger charge is -2.16. The molecule has 62 heavy (non-hydrogen) atoms. The highest BCUT2D eigenvalue weighted by Crippen LogP contribution is 2.41. The molecular formula is C58H36N4. The normalized spacial score (nSPS) is 11.5. The molecule has 4 nitrogen and oxygen atoms in total. The topological polar surface area (TPSA) is 51.6 Å². The zero-order valence-corrected chi connectivity index (χ0v) is 33.6. The maximum atomic E-state index is 5.29. The van der Waals surface area contributed by atoms with Crippen LogP contribution in [0.3, 0.4) is 0 Å². The highest BCUT2D eigenvalue weighted by atomic mass is 15.0. The molecule has 10 aromatic carbocycles. The molecular weight excluding hydrogens is 753 g/mol. The molecule has 12 rings (SSSR count). The lowest BCUT2D eigenvalue weighted by molar-refractivity contribution is 1.08. The van der Waals surface area contributed by atoms with Crippen LogP contribution in [-0.2, 0) is 0 Å². The number of pyridine rings is 1. The Balaban J connectivity index is 1.05. The van der Waals surface area contributed by atoms with E-state index in [1.807, 2.05) is 6.07 Å². The van der Waals surface area contributed by atoms with Gasteiger partial charge in [-0.2, -0.15) is 0 Å². The number of hydrogen-bond donors (Lipinski definition) is 0. The lowest BCUT2D eigenvalue weighted by atomic mass is 9.90. The van der Waals surface area contributed by atoms with Gasteiger partial charge in [-0.25, -0.2) is 19.9 Å². The summed E-state index contributed by atoms with van der Waals surface area (Å²) < 4.78 is 0. The SMILES string of the molecule is c1ccc(-c2cc(-c3cccc(-c4ccc(-c5nc(-c6cccc7ccccc67)nc(-c6cccc7ccccc67)n5)c5ccccc45)c3)c3c(ccc4ccccc43)n2)cc1. The highest BCUT2D eigenvalue weighted by molar-refractivity contribution is 6.14. The maximum Gasteiger partial charge on any atom is 0.164 e. The minimum Gasteiger partial charge on any atom is -0.248 e. The summed E-state index contributed by atoms with van der Waals surface area (Å²) in [5, 5.41) is 10.2. The van der Waals surface area contributed by atoms with Gasteiger partial charge in [-0.1, -0.05) is 194 Å². The number of hydrogen-bond acceptors (Lipinski definition) is 4. The Morgan fingerprint density at radius 2 is 0.677 bits per heavy atom. The van der Waals surface area contributed by atoms with E-state index in [0.717, 1.165) is 93.4 Å². The summed E-state index contributed by atoms with van der Waals surface area (Å²) in [6.45, 7) is 0. The Morgan fingerprint density at radius 3 is 1.31 bits per heavy atom. The van der Waals surface area contributed by atoms with Gasteiger partial charge in [0.15, 0.2) is 17.5 Å². The predicted molar refractivity (Wildman–Crippen MR) is 258 cm³/mol. The number of nitrogens with zero attached hydrogens (tertiary/aromatic N) is 4. The molecule has 0 radical (unpaired) electrons. The van der Waals surface area contributed by atoms with Gasteiger partial charge in [-0.15, -0.1) is 0 Å². The summed E-state index contributed by atoms with van der Waals surface area (Å²) >= 11 is 0. The van der Waals surface area contributed by atoms with E-state index < -0.39 is 0 Å². The van der Waals surface area contributed by atoms with Crippen molar-refractivity contribution in [3.05, 3.63) is 218 Å². The van der Waals surface area contributed by atoms with Crippen molar-refractivity contribution in [2.75, 3.05) is 0 Å². The van der Waals surface area contributed by atoms with E-state index in [0.29, 0.717) is 17.5 Å². The van der Waals surface area contributed by atoms with Crippen LogP contribution in [0.2, 0.25) is 0 Å². The summed E-state index contributed by atoms with van der Waals surface area (Å²) in [4.78, 5) is 21.0. The largest absolute Gasteiger partial charge is 0.248 e. The first-order valence-corrected chi connectivity index (χ1v) is 21.0. The van der Waals surface area contributed by atoms with Gasteiger partial charge >= 0.3 is 0 Å². The van der Waals surface area contributed by atoms with Crippen molar-refractivity contribution < 1.29 is 0 Å². The third kappa shape index (κ3) is 6.08. The van der Waals surface area contributed by atoms with Crippen LogP contribution in [0.1, 0.15) is 0 Å². The average Bonchev–Trinajstić information content (AvgIpc) is 3.35. The molecule has 0 aliphatic heterocycles. The van der Waals surface area contributed by atoms with Crippen molar-refractivity contribution in [3.8, 4) is 67.7 Å². The predicted octanol–water partition coefficient (Wildman–Crippen LogP) is 15.0. The van der Waals surface area contributed by atoms with Gasteiger partial charge in [0.1, 0.15) is 0 Å². The van der Waals surface area contributed by atoms with Crippen molar-refractivity contribution in [2.24, 2.45) is 0 Å². The lowest BCUT2D eigenvalue weighted by Crippen LogP contribution is -2.01. The summed E-state index contributed by atoms with van der Waals surface area (Å²) in [6.07, 6.45) is 0. The maximum absolute atomic E-state index is 5.29. The molecule has 0 fully saturated rings. The molecule has 0 aliphatic carbocycles. The van der Waals surface area contributed by atoms with Crippen molar-refractivity contribution in [3.63, 3.8) is 0 Å². The van der Waals surface area contributed by atoms with E-state index in [4.69, 9.17) is 19.9 Å². The molecule has 0 unspecified atom stereocenters. The van der Waals surface area contributed by atoms with Gasteiger partial charge in [0.2, 0.25) is 0 Å². The van der Waals surface area contributed by atoms with Crippen LogP contribution in [0.4, 0.5) is 0 Å². The zero-order valence-electron chi connectivity index (χ0n) is 33.6. The monoisotopic (exact) mass is 788 g/mol. The van der Waals surface area contributed by atoms with Crippen LogP contribution in [0, 0.1) is 0 Å². The number of benzene rings is 10.